The van der Waals surface area contributed by atoms with Crippen LogP contribution in [-0.2, 0) is 0 Å². The van der Waals surface area contributed by atoms with Crippen molar-refractivity contribution in [3.05, 3.63) is 85.7 Å². The molecular weight excluding hydrogens is 524 g/mol. The van der Waals surface area contributed by atoms with E-state index in [0.717, 1.165) is 67.9 Å². The Morgan fingerprint density at radius 3 is 1.50 bits per heavy atom. The molecule has 10 heteroatoms. The van der Waals surface area contributed by atoms with E-state index < -0.39 is 0 Å². The molecule has 42 heavy (non-hydrogen) atoms. The summed E-state index contributed by atoms with van der Waals surface area (Å²) >= 11 is 0. The molecule has 188 valence electrons. The molecule has 0 fully saturated rings. The van der Waals surface area contributed by atoms with Gasteiger partial charge in [-0.05, 0) is 47.3 Å². The highest BCUT2D eigenvalue weighted by atomic mass is 16.5. The summed E-state index contributed by atoms with van der Waals surface area (Å²) < 4.78 is 25.4. The van der Waals surface area contributed by atoms with Gasteiger partial charge in [-0.25, -0.2) is 0 Å². The number of ether oxygens (including phenoxy) is 3. The average molecular weight is 538 g/mol. The fraction of sp³-hybridized carbons (Fsp3) is 0. The van der Waals surface area contributed by atoms with Crippen LogP contribution in [-0.4, -0.2) is 23.4 Å². The zero-order valence-electron chi connectivity index (χ0n) is 21.7. The number of benzene rings is 2. The molecule has 8 nitrogen and oxygen atoms in total. The maximum absolute atomic E-state index is 6.86. The lowest BCUT2D eigenvalue weighted by Gasteiger charge is -2.40. The second-order valence-electron chi connectivity index (χ2n) is 11.9. The second-order valence-corrected chi connectivity index (χ2v) is 11.9. The number of quaternary nitrogens is 1. The lowest BCUT2D eigenvalue weighted by Crippen LogP contribution is -2.98. The van der Waals surface area contributed by atoms with Gasteiger partial charge in [0.1, 0.15) is 23.0 Å². The van der Waals surface area contributed by atoms with Crippen LogP contribution in [0.1, 0.15) is 0 Å². The van der Waals surface area contributed by atoms with Crippen molar-refractivity contribution in [1.29, 1.82) is 0 Å². The van der Waals surface area contributed by atoms with Crippen LogP contribution < -0.4 is 61.3 Å². The van der Waals surface area contributed by atoms with Gasteiger partial charge in [-0.1, -0.05) is 0 Å². The van der Waals surface area contributed by atoms with E-state index in [-0.39, 0.29) is 18.1 Å². The van der Waals surface area contributed by atoms with E-state index >= 15 is 0 Å². The molecule has 0 radical (unpaired) electrons. The summed E-state index contributed by atoms with van der Waals surface area (Å²) in [6, 6.07) is 17.0. The molecule has 0 atom stereocenters. The predicted octanol–water partition coefficient (Wildman–Crippen LogP) is 0.554. The van der Waals surface area contributed by atoms with Gasteiger partial charge in [0.05, 0.1) is 23.3 Å². The standard InChI is InChI=1S/C32H14B2N5O3/c1-3-15-17-11-35-13-23-25(17)33-27-19(40-23)5-7-21-29(27)39(37(9-1)31(15)33)30-22(42-21)8-6-20-28(30)34-26-18(12-36-14-24(26)41-20)16-4-2-10-38(39)32(16)34/h1-14H/q+3. The highest BCUT2D eigenvalue weighted by Crippen LogP contribution is 2.54. The maximum atomic E-state index is 6.86. The van der Waals surface area contributed by atoms with Gasteiger partial charge < -0.3 is 14.2 Å². The largest absolute Gasteiger partial charge is 0.457 e. The first-order chi connectivity index (χ1) is 20.8. The van der Waals surface area contributed by atoms with Crippen LogP contribution in [0.3, 0.4) is 0 Å². The van der Waals surface area contributed by atoms with Crippen molar-refractivity contribution in [3.63, 3.8) is 0 Å². The molecule has 0 N–H and O–H groups in total. The Hall–Kier alpha value is -5.47. The first-order valence-corrected chi connectivity index (χ1v) is 14.2. The summed E-state index contributed by atoms with van der Waals surface area (Å²) in [5.74, 6) is 5.01. The van der Waals surface area contributed by atoms with E-state index in [1.165, 1.54) is 33.2 Å². The fourth-order valence-corrected chi connectivity index (χ4v) is 9.17. The van der Waals surface area contributed by atoms with E-state index in [2.05, 4.69) is 80.2 Å². The molecule has 2 aromatic carbocycles. The second kappa shape index (κ2) is 5.79. The molecule has 1 spiro atoms. The molecule has 0 amide bonds. The molecule has 4 aromatic heterocycles. The van der Waals surface area contributed by atoms with Crippen LogP contribution in [0.25, 0.3) is 22.3 Å². The molecule has 11 heterocycles. The van der Waals surface area contributed by atoms with Gasteiger partial charge in [0.2, 0.25) is 35.1 Å². The number of hydrogen-bond donors (Lipinski definition) is 0. The lowest BCUT2D eigenvalue weighted by molar-refractivity contribution is -1.03. The number of nitrogens with zero attached hydrogens (tertiary/aromatic N) is 5. The fourth-order valence-electron chi connectivity index (χ4n) is 9.17. The number of hydrogen-bond acceptors (Lipinski definition) is 5. The highest BCUT2D eigenvalue weighted by Gasteiger charge is 2.76. The smallest absolute Gasteiger partial charge is 0.351 e. The Morgan fingerprint density at radius 2 is 0.976 bits per heavy atom. The average Bonchev–Trinajstić information content (AvgIpc) is 3.56. The minimum absolute atomic E-state index is 0.0145. The number of rotatable bonds is 0. The summed E-state index contributed by atoms with van der Waals surface area (Å²) in [6.45, 7) is 0.0290. The summed E-state index contributed by atoms with van der Waals surface area (Å²) in [6.07, 6.45) is 12.1. The summed E-state index contributed by atoms with van der Waals surface area (Å²) in [7, 11) is 0. The van der Waals surface area contributed by atoms with Crippen LogP contribution in [0.15, 0.2) is 85.7 Å². The normalized spacial score (nSPS) is 16.8. The Bertz CT molecular complexity index is 2280. The zero-order chi connectivity index (χ0) is 26.6. The molecule has 7 aliphatic heterocycles. The van der Waals surface area contributed by atoms with E-state index in [4.69, 9.17) is 14.2 Å². The van der Waals surface area contributed by atoms with E-state index in [1.54, 1.807) is 0 Å². The summed E-state index contributed by atoms with van der Waals surface area (Å²) in [5, 5.41) is 0. The summed E-state index contributed by atoms with van der Waals surface area (Å²) in [5.41, 5.74) is 13.9. The molecule has 0 saturated carbocycles. The van der Waals surface area contributed by atoms with Gasteiger partial charge in [0, 0.05) is 56.1 Å². The Labute approximate surface area is 238 Å². The monoisotopic (exact) mass is 538 g/mol. The van der Waals surface area contributed by atoms with Gasteiger partial charge in [-0.15, -0.1) is 0 Å². The maximum Gasteiger partial charge on any atom is 0.351 e. The minimum atomic E-state index is 0.0145. The Balaban J connectivity index is 1.32. The van der Waals surface area contributed by atoms with E-state index in [1.807, 2.05) is 24.8 Å². The minimum Gasteiger partial charge on any atom is -0.457 e. The molecular formula is C32H14B2N5O3+3. The SMILES string of the molecule is c1cc2c3[n+](c1)[N+]14c5c(ccc6c5B3c3c(cncc3-2)O6)Oc2ccc3c(c21)B1c2c(cncc2-c2ccc[n+]4c21)O3. The number of fused-ring (bicyclic) bond motifs is 2. The van der Waals surface area contributed by atoms with Crippen molar-refractivity contribution in [2.45, 2.75) is 0 Å². The molecule has 7 aliphatic rings. The van der Waals surface area contributed by atoms with Crippen LogP contribution in [0.4, 0.5) is 11.4 Å². The van der Waals surface area contributed by atoms with Gasteiger partial charge in [-0.3, -0.25) is 9.97 Å². The third-order valence-corrected chi connectivity index (χ3v) is 10.4. The van der Waals surface area contributed by atoms with Gasteiger partial charge in [-0.2, -0.15) is 0 Å². The Kier molecular flexibility index (Phi) is 2.70. The van der Waals surface area contributed by atoms with Crippen LogP contribution in [0, 0.1) is 0 Å². The lowest BCUT2D eigenvalue weighted by atomic mass is 9.37. The third-order valence-electron chi connectivity index (χ3n) is 10.4. The van der Waals surface area contributed by atoms with E-state index in [9.17, 15) is 0 Å². The molecule has 0 aliphatic carbocycles. The predicted molar refractivity (Wildman–Crippen MR) is 154 cm³/mol. The van der Waals surface area contributed by atoms with Crippen molar-refractivity contribution in [1.82, 2.24) is 14.7 Å². The topological polar surface area (TPSA) is 61.2 Å². The quantitative estimate of drug-likeness (QED) is 0.161. The molecule has 0 unspecified atom stereocenters. The van der Waals surface area contributed by atoms with Crippen molar-refractivity contribution in [2.24, 2.45) is 0 Å². The molecule has 6 aromatic rings. The zero-order valence-corrected chi connectivity index (χ0v) is 21.7. The van der Waals surface area contributed by atoms with Crippen LogP contribution in [0.2, 0.25) is 0 Å². The summed E-state index contributed by atoms with van der Waals surface area (Å²) in [4.78, 5) is 9.19. The van der Waals surface area contributed by atoms with E-state index in [0.29, 0.717) is 0 Å². The number of pyridine rings is 4. The van der Waals surface area contributed by atoms with Crippen molar-refractivity contribution >= 4 is 57.8 Å². The number of aromatic nitrogens is 4. The van der Waals surface area contributed by atoms with Gasteiger partial charge in [0.25, 0.3) is 0 Å². The molecule has 0 saturated heterocycles. The first kappa shape index (κ1) is 19.6. The van der Waals surface area contributed by atoms with Gasteiger partial charge in [0.15, 0.2) is 4.70 Å². The van der Waals surface area contributed by atoms with Crippen molar-refractivity contribution in [2.75, 3.05) is 0 Å². The van der Waals surface area contributed by atoms with Crippen molar-refractivity contribution in [3.8, 4) is 56.8 Å². The highest BCUT2D eigenvalue weighted by molar-refractivity contribution is 7.01. The van der Waals surface area contributed by atoms with Gasteiger partial charge >= 0.3 is 24.8 Å². The van der Waals surface area contributed by atoms with Crippen molar-refractivity contribution < 1.29 is 23.6 Å². The van der Waals surface area contributed by atoms with Crippen LogP contribution >= 0.6 is 0 Å². The molecule has 13 rings (SSSR count). The van der Waals surface area contributed by atoms with Crippen LogP contribution in [0.5, 0.6) is 34.5 Å². The first-order valence-electron chi connectivity index (χ1n) is 14.2. The Morgan fingerprint density at radius 1 is 0.500 bits per heavy atom. The third kappa shape index (κ3) is 1.67. The molecule has 0 bridgehead atoms.